The zero-order chi connectivity index (χ0) is 20.9. The molecule has 6 nitrogen and oxygen atoms in total. The molecule has 0 aliphatic carbocycles. The van der Waals surface area contributed by atoms with E-state index < -0.39 is 0 Å². The Morgan fingerprint density at radius 1 is 0.867 bits per heavy atom. The predicted octanol–water partition coefficient (Wildman–Crippen LogP) is 5.08. The Kier molecular flexibility index (Phi) is 5.84. The van der Waals surface area contributed by atoms with Gasteiger partial charge in [0.25, 0.3) is 11.8 Å². The second-order valence-corrected chi connectivity index (χ2v) is 7.48. The van der Waals surface area contributed by atoms with Gasteiger partial charge in [-0.2, -0.15) is 0 Å². The monoisotopic (exact) mass is 403 g/mol. The molecule has 30 heavy (non-hydrogen) atoms. The molecule has 2 amide bonds. The maximum absolute atomic E-state index is 13.0. The van der Waals surface area contributed by atoms with Gasteiger partial charge in [0.15, 0.2) is 5.76 Å². The number of carbonyl (C=O) groups excluding carboxylic acids is 2. The van der Waals surface area contributed by atoms with Crippen molar-refractivity contribution in [1.82, 2.24) is 0 Å². The summed E-state index contributed by atoms with van der Waals surface area (Å²) in [4.78, 5) is 27.6. The first-order valence-electron chi connectivity index (χ1n) is 10.2. The minimum atomic E-state index is -0.351. The predicted molar refractivity (Wildman–Crippen MR) is 118 cm³/mol. The summed E-state index contributed by atoms with van der Waals surface area (Å²) in [6.07, 6.45) is 5.03. The average Bonchev–Trinajstić information content (AvgIpc) is 3.31. The summed E-state index contributed by atoms with van der Waals surface area (Å²) in [5, 5.41) is 5.85. The highest BCUT2D eigenvalue weighted by Gasteiger charge is 2.17. The molecule has 0 radical (unpaired) electrons. The van der Waals surface area contributed by atoms with Crippen LogP contribution in [0.1, 0.15) is 45.7 Å². The second-order valence-electron chi connectivity index (χ2n) is 7.48. The number of nitrogens with one attached hydrogen (secondary N) is 2. The van der Waals surface area contributed by atoms with Crippen LogP contribution in [0, 0.1) is 6.92 Å². The molecule has 1 aliphatic heterocycles. The summed E-state index contributed by atoms with van der Waals surface area (Å²) in [6.45, 7) is 3.88. The summed E-state index contributed by atoms with van der Waals surface area (Å²) < 4.78 is 5.14. The number of nitrogens with zero attached hydrogens (tertiary/aromatic N) is 1. The van der Waals surface area contributed by atoms with E-state index in [0.717, 1.165) is 30.0 Å². The number of hydrogen-bond acceptors (Lipinski definition) is 4. The molecule has 0 spiro atoms. The molecule has 1 saturated heterocycles. The molecule has 6 heteroatoms. The smallest absolute Gasteiger partial charge is 0.291 e. The molecule has 154 valence electrons. The van der Waals surface area contributed by atoms with Crippen LogP contribution in [0.4, 0.5) is 17.1 Å². The maximum atomic E-state index is 13.0. The van der Waals surface area contributed by atoms with Gasteiger partial charge in [0.1, 0.15) is 0 Å². The lowest BCUT2D eigenvalue weighted by Crippen LogP contribution is -2.30. The quantitative estimate of drug-likeness (QED) is 0.623. The zero-order valence-electron chi connectivity index (χ0n) is 17.0. The van der Waals surface area contributed by atoms with Crippen LogP contribution in [0.15, 0.2) is 65.3 Å². The van der Waals surface area contributed by atoms with Crippen molar-refractivity contribution in [3.05, 3.63) is 77.7 Å². The highest BCUT2D eigenvalue weighted by atomic mass is 16.3. The summed E-state index contributed by atoms with van der Waals surface area (Å²) in [6, 6.07) is 16.4. The molecular formula is C24H25N3O3. The lowest BCUT2D eigenvalue weighted by molar-refractivity contribution is 0.0993. The van der Waals surface area contributed by atoms with Gasteiger partial charge in [-0.15, -0.1) is 0 Å². The summed E-state index contributed by atoms with van der Waals surface area (Å²) in [5.41, 5.74) is 3.76. The van der Waals surface area contributed by atoms with Crippen LogP contribution >= 0.6 is 0 Å². The van der Waals surface area contributed by atoms with Gasteiger partial charge in [0, 0.05) is 24.3 Å². The van der Waals surface area contributed by atoms with Crippen molar-refractivity contribution in [2.24, 2.45) is 0 Å². The van der Waals surface area contributed by atoms with Crippen molar-refractivity contribution >= 4 is 28.9 Å². The number of hydrogen-bond donors (Lipinski definition) is 2. The van der Waals surface area contributed by atoms with E-state index in [9.17, 15) is 9.59 Å². The molecule has 0 bridgehead atoms. The first kappa shape index (κ1) is 19.8. The zero-order valence-corrected chi connectivity index (χ0v) is 17.0. The van der Waals surface area contributed by atoms with Crippen LogP contribution in [0.2, 0.25) is 0 Å². The molecule has 4 rings (SSSR count). The number of amides is 2. The van der Waals surface area contributed by atoms with E-state index >= 15 is 0 Å². The van der Waals surface area contributed by atoms with Gasteiger partial charge in [0.2, 0.25) is 0 Å². The molecule has 2 aromatic carbocycles. The van der Waals surface area contributed by atoms with E-state index in [1.54, 1.807) is 24.3 Å². The number of rotatable bonds is 5. The van der Waals surface area contributed by atoms with Gasteiger partial charge < -0.3 is 20.0 Å². The third-order valence-electron chi connectivity index (χ3n) is 5.34. The van der Waals surface area contributed by atoms with E-state index in [2.05, 4.69) is 15.5 Å². The fourth-order valence-electron chi connectivity index (χ4n) is 3.67. The van der Waals surface area contributed by atoms with Crippen molar-refractivity contribution in [3.63, 3.8) is 0 Å². The first-order valence-corrected chi connectivity index (χ1v) is 10.2. The molecule has 0 saturated carbocycles. The van der Waals surface area contributed by atoms with Crippen LogP contribution in [-0.2, 0) is 0 Å². The third kappa shape index (κ3) is 4.38. The molecular weight excluding hydrogens is 378 g/mol. The number of benzene rings is 2. The van der Waals surface area contributed by atoms with Crippen LogP contribution in [-0.4, -0.2) is 24.9 Å². The third-order valence-corrected chi connectivity index (χ3v) is 5.34. The minimum Gasteiger partial charge on any atom is -0.459 e. The lowest BCUT2D eigenvalue weighted by atomic mass is 10.1. The fourth-order valence-corrected chi connectivity index (χ4v) is 3.67. The van der Waals surface area contributed by atoms with Gasteiger partial charge in [-0.05, 0) is 68.1 Å². The van der Waals surface area contributed by atoms with E-state index in [1.165, 1.54) is 25.5 Å². The second kappa shape index (κ2) is 8.86. The van der Waals surface area contributed by atoms with Gasteiger partial charge >= 0.3 is 0 Å². The number of piperidine rings is 1. The van der Waals surface area contributed by atoms with Gasteiger partial charge in [-0.3, -0.25) is 9.59 Å². The lowest BCUT2D eigenvalue weighted by Gasteiger charge is -2.30. The number of carbonyl (C=O) groups is 2. The molecule has 0 unspecified atom stereocenters. The first-order chi connectivity index (χ1) is 14.6. The van der Waals surface area contributed by atoms with E-state index in [-0.39, 0.29) is 17.6 Å². The minimum absolute atomic E-state index is 0.215. The number of aryl methyl sites for hydroxylation is 1. The average molecular weight is 403 g/mol. The van der Waals surface area contributed by atoms with Gasteiger partial charge in [-0.1, -0.05) is 18.2 Å². The molecule has 2 N–H and O–H groups in total. The Morgan fingerprint density at radius 3 is 2.40 bits per heavy atom. The Labute approximate surface area is 175 Å². The van der Waals surface area contributed by atoms with Gasteiger partial charge in [0.05, 0.1) is 17.6 Å². The van der Waals surface area contributed by atoms with Crippen molar-refractivity contribution in [2.75, 3.05) is 28.6 Å². The fraction of sp³-hybridized carbons (Fsp3) is 0.250. The highest BCUT2D eigenvalue weighted by molar-refractivity contribution is 6.08. The molecule has 1 aromatic heterocycles. The van der Waals surface area contributed by atoms with Gasteiger partial charge in [-0.25, -0.2) is 0 Å². The van der Waals surface area contributed by atoms with E-state index in [4.69, 9.17) is 4.42 Å². The Bertz CT molecular complexity index is 1040. The number of anilines is 3. The van der Waals surface area contributed by atoms with Crippen molar-refractivity contribution < 1.29 is 14.0 Å². The Hall–Kier alpha value is -3.54. The summed E-state index contributed by atoms with van der Waals surface area (Å²) >= 11 is 0. The van der Waals surface area contributed by atoms with Crippen LogP contribution in [0.3, 0.4) is 0 Å². The maximum Gasteiger partial charge on any atom is 0.291 e. The summed E-state index contributed by atoms with van der Waals surface area (Å²) in [5.74, 6) is -0.344. The normalized spacial score (nSPS) is 13.7. The van der Waals surface area contributed by atoms with Crippen LogP contribution < -0.4 is 15.5 Å². The molecule has 1 fully saturated rings. The van der Waals surface area contributed by atoms with E-state index in [0.29, 0.717) is 11.3 Å². The van der Waals surface area contributed by atoms with Crippen LogP contribution in [0.25, 0.3) is 0 Å². The Morgan fingerprint density at radius 2 is 1.63 bits per heavy atom. The number of para-hydroxylation sites is 2. The van der Waals surface area contributed by atoms with E-state index in [1.807, 2.05) is 37.3 Å². The molecule has 0 atom stereocenters. The highest BCUT2D eigenvalue weighted by Crippen LogP contribution is 2.29. The standard InChI is InChI=1S/C24H25N3O3/c1-17-11-12-18(16-20(17)26-24(29)22-10-7-15-30-22)23(28)25-19-8-3-4-9-21(19)27-13-5-2-6-14-27/h3-4,7-12,15-16H,2,5-6,13-14H2,1H3,(H,25,28)(H,26,29). The SMILES string of the molecule is Cc1ccc(C(=O)Nc2ccccc2N2CCCCC2)cc1NC(=O)c1ccco1. The van der Waals surface area contributed by atoms with Crippen molar-refractivity contribution in [2.45, 2.75) is 26.2 Å². The largest absolute Gasteiger partial charge is 0.459 e. The van der Waals surface area contributed by atoms with Crippen molar-refractivity contribution in [1.29, 1.82) is 0 Å². The summed E-state index contributed by atoms with van der Waals surface area (Å²) in [7, 11) is 0. The van der Waals surface area contributed by atoms with Crippen molar-refractivity contribution in [3.8, 4) is 0 Å². The molecule has 2 heterocycles. The molecule has 1 aliphatic rings. The van der Waals surface area contributed by atoms with Crippen LogP contribution in [0.5, 0.6) is 0 Å². The number of furan rings is 1. The molecule has 3 aromatic rings. The Balaban J connectivity index is 1.52. The topological polar surface area (TPSA) is 74.6 Å².